The lowest BCUT2D eigenvalue weighted by atomic mass is 9.85. The van der Waals surface area contributed by atoms with Crippen LogP contribution in [0.2, 0.25) is 5.02 Å². The predicted octanol–water partition coefficient (Wildman–Crippen LogP) is 4.26. The number of amides is 1. The zero-order valence-electron chi connectivity index (χ0n) is 18.4. The molecule has 0 aliphatic carbocycles. The van der Waals surface area contributed by atoms with Crippen molar-refractivity contribution in [1.29, 1.82) is 0 Å². The van der Waals surface area contributed by atoms with E-state index in [-0.39, 0.29) is 11.5 Å². The third-order valence-corrected chi connectivity index (χ3v) is 7.10. The number of halogens is 1. The van der Waals surface area contributed by atoms with Gasteiger partial charge in [-0.2, -0.15) is 0 Å². The van der Waals surface area contributed by atoms with Crippen LogP contribution in [0, 0.1) is 0 Å². The van der Waals surface area contributed by atoms with Crippen molar-refractivity contribution < 1.29 is 9.53 Å². The van der Waals surface area contributed by atoms with Crippen LogP contribution in [0.15, 0.2) is 42.7 Å². The summed E-state index contributed by atoms with van der Waals surface area (Å²) in [6.07, 6.45) is 8.09. The molecular formula is C25H29ClN4O2. The summed E-state index contributed by atoms with van der Waals surface area (Å²) in [5.74, 6) is 0.0715. The highest BCUT2D eigenvalue weighted by atomic mass is 35.5. The summed E-state index contributed by atoms with van der Waals surface area (Å²) in [5, 5.41) is 4.84. The van der Waals surface area contributed by atoms with Gasteiger partial charge in [-0.1, -0.05) is 23.7 Å². The lowest BCUT2D eigenvalue weighted by Crippen LogP contribution is -2.45. The van der Waals surface area contributed by atoms with Crippen molar-refractivity contribution in [3.63, 3.8) is 0 Å². The van der Waals surface area contributed by atoms with Crippen molar-refractivity contribution in [2.75, 3.05) is 26.2 Å². The lowest BCUT2D eigenvalue weighted by molar-refractivity contribution is -0.0744. The van der Waals surface area contributed by atoms with Crippen molar-refractivity contribution in [2.24, 2.45) is 7.05 Å². The van der Waals surface area contributed by atoms with Gasteiger partial charge in [-0.3, -0.25) is 9.78 Å². The van der Waals surface area contributed by atoms with E-state index < -0.39 is 0 Å². The van der Waals surface area contributed by atoms with E-state index >= 15 is 0 Å². The van der Waals surface area contributed by atoms with Crippen LogP contribution >= 0.6 is 11.6 Å². The zero-order valence-corrected chi connectivity index (χ0v) is 19.2. The Morgan fingerprint density at radius 2 is 1.97 bits per heavy atom. The molecule has 1 spiro atoms. The first-order valence-corrected chi connectivity index (χ1v) is 11.8. The number of ether oxygens (including phenoxy) is 1. The van der Waals surface area contributed by atoms with Crippen LogP contribution in [0.25, 0.3) is 10.9 Å². The molecule has 2 aromatic heterocycles. The Kier molecular flexibility index (Phi) is 5.93. The van der Waals surface area contributed by atoms with Gasteiger partial charge in [0.25, 0.3) is 5.91 Å². The molecular weight excluding hydrogens is 424 g/mol. The minimum atomic E-state index is -0.285. The Morgan fingerprint density at radius 3 is 2.69 bits per heavy atom. The molecule has 0 atom stereocenters. The summed E-state index contributed by atoms with van der Waals surface area (Å²) >= 11 is 6.11. The topological polar surface area (TPSA) is 59.4 Å². The highest BCUT2D eigenvalue weighted by molar-refractivity contribution is 6.31. The molecule has 1 N–H and O–H groups in total. The minimum absolute atomic E-state index is 0.0715. The number of benzene rings is 1. The van der Waals surface area contributed by atoms with Gasteiger partial charge in [-0.25, -0.2) is 0 Å². The number of aromatic nitrogens is 2. The van der Waals surface area contributed by atoms with E-state index in [2.05, 4.69) is 16.4 Å². The number of aryl methyl sites for hydroxylation is 1. The molecule has 3 aliphatic heterocycles. The van der Waals surface area contributed by atoms with Gasteiger partial charge in [-0.05, 0) is 57.0 Å². The van der Waals surface area contributed by atoms with Gasteiger partial charge in [-0.15, -0.1) is 0 Å². The number of carbonyl (C=O) groups is 1. The van der Waals surface area contributed by atoms with Crippen LogP contribution in [-0.2, 0) is 24.0 Å². The van der Waals surface area contributed by atoms with Gasteiger partial charge in [0.2, 0.25) is 0 Å². The lowest BCUT2D eigenvalue weighted by Gasteiger charge is -2.39. The molecule has 0 saturated carbocycles. The van der Waals surface area contributed by atoms with Gasteiger partial charge in [0.1, 0.15) is 0 Å². The number of nitrogens with zero attached hydrogens (tertiary/aromatic N) is 3. The quantitative estimate of drug-likeness (QED) is 0.599. The maximum absolute atomic E-state index is 13.2. The number of hydrogen-bond acceptors (Lipinski definition) is 4. The molecule has 2 saturated heterocycles. The average Bonchev–Trinajstić information content (AvgIpc) is 3.57. The number of fused-ring (bicyclic) bond motifs is 3. The first kappa shape index (κ1) is 21.4. The Hall–Kier alpha value is -2.41. The highest BCUT2D eigenvalue weighted by Gasteiger charge is 2.44. The zero-order chi connectivity index (χ0) is 22.1. The molecule has 32 heavy (non-hydrogen) atoms. The molecule has 3 aromatic rings. The normalized spacial score (nSPS) is 19.1. The van der Waals surface area contributed by atoms with E-state index in [0.717, 1.165) is 35.0 Å². The SMILES string of the molecule is C1CCNC1.Cn1cc(C(=O)N2CCC3(CC2)OCc2ncccc23)c2ccc(Cl)cc21. The Bertz CT molecular complexity index is 1120. The fourth-order valence-corrected chi connectivity index (χ4v) is 5.23. The van der Waals surface area contributed by atoms with Crippen molar-refractivity contribution in [3.05, 3.63) is 64.6 Å². The van der Waals surface area contributed by atoms with Crippen molar-refractivity contribution in [2.45, 2.75) is 37.9 Å². The number of carbonyl (C=O) groups excluding carboxylic acids is 1. The number of hydrogen-bond donors (Lipinski definition) is 1. The maximum Gasteiger partial charge on any atom is 0.256 e. The Morgan fingerprint density at radius 1 is 1.19 bits per heavy atom. The van der Waals surface area contributed by atoms with Gasteiger partial charge in [0.05, 0.1) is 29.0 Å². The van der Waals surface area contributed by atoms with Gasteiger partial charge in [0, 0.05) is 48.5 Å². The first-order valence-electron chi connectivity index (χ1n) is 11.4. The van der Waals surface area contributed by atoms with Crippen molar-refractivity contribution in [3.8, 4) is 0 Å². The number of nitrogens with one attached hydrogen (secondary N) is 1. The van der Waals surface area contributed by atoms with Gasteiger partial charge in [0.15, 0.2) is 0 Å². The summed E-state index contributed by atoms with van der Waals surface area (Å²) in [6.45, 7) is 4.42. The summed E-state index contributed by atoms with van der Waals surface area (Å²) in [7, 11) is 1.94. The minimum Gasteiger partial charge on any atom is -0.364 e. The van der Waals surface area contributed by atoms with Crippen LogP contribution in [0.5, 0.6) is 0 Å². The molecule has 7 heteroatoms. The predicted molar refractivity (Wildman–Crippen MR) is 126 cm³/mol. The molecule has 0 radical (unpaired) electrons. The largest absolute Gasteiger partial charge is 0.364 e. The highest BCUT2D eigenvalue weighted by Crippen LogP contribution is 2.43. The van der Waals surface area contributed by atoms with Crippen molar-refractivity contribution >= 4 is 28.4 Å². The van der Waals surface area contributed by atoms with E-state index in [9.17, 15) is 4.79 Å². The van der Waals surface area contributed by atoms with Crippen LogP contribution in [0.1, 0.15) is 47.3 Å². The fraction of sp³-hybridized carbons (Fsp3) is 0.440. The number of likely N-dealkylation sites (tertiary alicyclic amines) is 1. The van der Waals surface area contributed by atoms with E-state index in [4.69, 9.17) is 16.3 Å². The third-order valence-electron chi connectivity index (χ3n) is 6.86. The average molecular weight is 453 g/mol. The number of piperidine rings is 1. The van der Waals surface area contributed by atoms with Gasteiger partial charge < -0.3 is 19.5 Å². The number of pyridine rings is 1. The van der Waals surface area contributed by atoms with E-state index in [1.165, 1.54) is 31.5 Å². The van der Waals surface area contributed by atoms with Crippen molar-refractivity contribution in [1.82, 2.24) is 19.8 Å². The third kappa shape index (κ3) is 3.91. The second-order valence-electron chi connectivity index (χ2n) is 8.85. The second kappa shape index (κ2) is 8.85. The Balaban J connectivity index is 0.000000383. The standard InChI is InChI=1S/C21H20ClN3O2.C4H9N/c1-24-12-16(15-5-4-14(22)11-19(15)24)20(26)25-9-6-21(7-10-25)17-3-2-8-23-18(17)13-27-21;1-2-4-5-3-1/h2-5,8,11-12H,6-7,9-10,13H2,1H3;5H,1-4H2. The summed E-state index contributed by atoms with van der Waals surface area (Å²) in [4.78, 5) is 19.6. The fourth-order valence-electron chi connectivity index (χ4n) is 5.06. The van der Waals surface area contributed by atoms with E-state index in [0.29, 0.717) is 24.7 Å². The molecule has 0 bridgehead atoms. The molecule has 0 unspecified atom stereocenters. The molecule has 168 valence electrons. The number of rotatable bonds is 1. The molecule has 6 nitrogen and oxygen atoms in total. The summed E-state index contributed by atoms with van der Waals surface area (Å²) in [5.41, 5.74) is 3.64. The molecule has 3 aliphatic rings. The van der Waals surface area contributed by atoms with Crippen LogP contribution in [0.4, 0.5) is 0 Å². The summed E-state index contributed by atoms with van der Waals surface area (Å²) < 4.78 is 8.11. The van der Waals surface area contributed by atoms with Crippen LogP contribution in [-0.4, -0.2) is 46.5 Å². The second-order valence-corrected chi connectivity index (χ2v) is 9.28. The van der Waals surface area contributed by atoms with E-state index in [1.54, 1.807) is 0 Å². The summed E-state index contributed by atoms with van der Waals surface area (Å²) in [6, 6.07) is 9.74. The Labute approximate surface area is 193 Å². The first-order chi connectivity index (χ1) is 15.6. The van der Waals surface area contributed by atoms with E-state index in [1.807, 2.05) is 53.2 Å². The maximum atomic E-state index is 13.2. The van der Waals surface area contributed by atoms with Gasteiger partial charge >= 0.3 is 0 Å². The van der Waals surface area contributed by atoms with Crippen LogP contribution in [0.3, 0.4) is 0 Å². The molecule has 1 amide bonds. The monoisotopic (exact) mass is 452 g/mol. The molecule has 5 heterocycles. The smallest absolute Gasteiger partial charge is 0.256 e. The van der Waals surface area contributed by atoms with Crippen LogP contribution < -0.4 is 5.32 Å². The molecule has 2 fully saturated rings. The molecule has 6 rings (SSSR count). The molecule has 1 aromatic carbocycles.